The Hall–Kier alpha value is -0.0400. The van der Waals surface area contributed by atoms with Crippen LogP contribution in [0.3, 0.4) is 0 Å². The molecule has 0 aliphatic rings. The number of hydrogen-bond donors (Lipinski definition) is 0. The van der Waals surface area contributed by atoms with Gasteiger partial charge < -0.3 is 4.74 Å². The minimum absolute atomic E-state index is 0.0630. The topological polar surface area (TPSA) is 9.23 Å². The molecule has 25 heavy (non-hydrogen) atoms. The van der Waals surface area contributed by atoms with E-state index in [2.05, 4.69) is 69.2 Å². The molecule has 152 valence electrons. The van der Waals surface area contributed by atoms with Gasteiger partial charge in [0.05, 0.1) is 11.2 Å². The van der Waals surface area contributed by atoms with E-state index in [1.165, 1.54) is 64.2 Å². The predicted molar refractivity (Wildman–Crippen MR) is 114 cm³/mol. The Bertz CT molecular complexity index is 323. The average Bonchev–Trinajstić information content (AvgIpc) is 2.50. The van der Waals surface area contributed by atoms with Gasteiger partial charge in [0, 0.05) is 0 Å². The summed E-state index contributed by atoms with van der Waals surface area (Å²) < 4.78 is 7.26. The molecule has 0 aliphatic carbocycles. The van der Waals surface area contributed by atoms with Gasteiger partial charge in [0.25, 0.3) is 0 Å². The first-order chi connectivity index (χ1) is 11.4. The number of hydrogen-bond acceptors (Lipinski definition) is 1. The summed E-state index contributed by atoms with van der Waals surface area (Å²) in [5.41, 5.74) is 0.276. The molecule has 0 fully saturated rings. The standard InChI is InChI=1S/C24H50O/c1-11-15-19-23(9,21(5,6)17-13-3)25-24(10,20-16-12-2)22(7,8)18-14-4/h11-20H2,1-10H3. The zero-order valence-electron chi connectivity index (χ0n) is 19.5. The van der Waals surface area contributed by atoms with Crippen LogP contribution in [-0.4, -0.2) is 11.2 Å². The second kappa shape index (κ2) is 10.3. The Balaban J connectivity index is 5.80. The predicted octanol–water partition coefficient (Wildman–Crippen LogP) is 8.55. The molecule has 0 aromatic heterocycles. The number of unbranched alkanes of at least 4 members (excludes halogenated alkanes) is 2. The van der Waals surface area contributed by atoms with Crippen LogP contribution in [0.15, 0.2) is 0 Å². The van der Waals surface area contributed by atoms with Crippen LogP contribution in [0.5, 0.6) is 0 Å². The van der Waals surface area contributed by atoms with Gasteiger partial charge in [-0.2, -0.15) is 0 Å². The fourth-order valence-electron chi connectivity index (χ4n) is 4.36. The SMILES string of the molecule is CCCCC(C)(OC(C)(CCCC)C(C)(C)CCC)C(C)(C)CCC. The summed E-state index contributed by atoms with van der Waals surface area (Å²) in [5.74, 6) is 0. The Morgan fingerprint density at radius 2 is 0.800 bits per heavy atom. The molecule has 0 aromatic carbocycles. The van der Waals surface area contributed by atoms with E-state index in [-0.39, 0.29) is 22.0 Å². The zero-order chi connectivity index (χ0) is 19.8. The molecule has 0 rings (SSSR count). The number of rotatable bonds is 14. The third kappa shape index (κ3) is 6.56. The van der Waals surface area contributed by atoms with E-state index >= 15 is 0 Å². The molecule has 0 amide bonds. The van der Waals surface area contributed by atoms with Gasteiger partial charge in [-0.1, -0.05) is 93.9 Å². The van der Waals surface area contributed by atoms with Crippen molar-refractivity contribution < 1.29 is 4.74 Å². The van der Waals surface area contributed by atoms with Gasteiger partial charge in [0.1, 0.15) is 0 Å². The summed E-state index contributed by atoms with van der Waals surface area (Å²) in [6, 6.07) is 0. The molecule has 2 atom stereocenters. The van der Waals surface area contributed by atoms with Crippen LogP contribution in [0.1, 0.15) is 133 Å². The summed E-state index contributed by atoms with van der Waals surface area (Å²) in [7, 11) is 0. The molecule has 1 heteroatoms. The first-order valence-electron chi connectivity index (χ1n) is 11.2. The van der Waals surface area contributed by atoms with Crippen molar-refractivity contribution in [2.24, 2.45) is 10.8 Å². The van der Waals surface area contributed by atoms with Gasteiger partial charge in [0.2, 0.25) is 0 Å². The minimum Gasteiger partial charge on any atom is -0.368 e. The molecule has 0 saturated heterocycles. The van der Waals surface area contributed by atoms with Crippen LogP contribution in [0.25, 0.3) is 0 Å². The van der Waals surface area contributed by atoms with Crippen LogP contribution in [-0.2, 0) is 4.74 Å². The highest BCUT2D eigenvalue weighted by atomic mass is 16.5. The molecule has 0 saturated carbocycles. The lowest BCUT2D eigenvalue weighted by molar-refractivity contribution is -0.237. The van der Waals surface area contributed by atoms with Gasteiger partial charge in [0.15, 0.2) is 0 Å². The van der Waals surface area contributed by atoms with E-state index in [1.807, 2.05) is 0 Å². The van der Waals surface area contributed by atoms with E-state index in [0.717, 1.165) is 0 Å². The van der Waals surface area contributed by atoms with Gasteiger partial charge in [-0.3, -0.25) is 0 Å². The summed E-state index contributed by atoms with van der Waals surface area (Å²) in [6.07, 6.45) is 12.2. The smallest absolute Gasteiger partial charge is 0.0712 e. The third-order valence-electron chi connectivity index (χ3n) is 7.08. The van der Waals surface area contributed by atoms with E-state index in [0.29, 0.717) is 0 Å². The van der Waals surface area contributed by atoms with Crippen molar-refractivity contribution in [3.05, 3.63) is 0 Å². The van der Waals surface area contributed by atoms with Crippen molar-refractivity contribution in [1.82, 2.24) is 0 Å². The monoisotopic (exact) mass is 354 g/mol. The van der Waals surface area contributed by atoms with Crippen molar-refractivity contribution in [2.45, 2.75) is 145 Å². The highest BCUT2D eigenvalue weighted by Gasteiger charge is 2.50. The maximum atomic E-state index is 7.26. The molecule has 0 aliphatic heterocycles. The highest BCUT2D eigenvalue weighted by Crippen LogP contribution is 2.50. The summed E-state index contributed by atoms with van der Waals surface area (Å²) >= 11 is 0. The molecule has 0 N–H and O–H groups in total. The third-order valence-corrected chi connectivity index (χ3v) is 7.08. The quantitative estimate of drug-likeness (QED) is 0.303. The Morgan fingerprint density at radius 3 is 1.04 bits per heavy atom. The summed E-state index contributed by atoms with van der Waals surface area (Å²) in [4.78, 5) is 0. The van der Waals surface area contributed by atoms with Gasteiger partial charge in [-0.05, 0) is 50.4 Å². The zero-order valence-corrected chi connectivity index (χ0v) is 19.5. The van der Waals surface area contributed by atoms with Crippen molar-refractivity contribution in [3.63, 3.8) is 0 Å². The summed E-state index contributed by atoms with van der Waals surface area (Å²) in [5, 5.41) is 0. The molecule has 0 heterocycles. The minimum atomic E-state index is -0.0630. The largest absolute Gasteiger partial charge is 0.368 e. The second-order valence-electron chi connectivity index (χ2n) is 10.0. The molecule has 1 nitrogen and oxygen atoms in total. The molecule has 0 aromatic rings. The molecule has 2 unspecified atom stereocenters. The van der Waals surface area contributed by atoms with Gasteiger partial charge in [-0.25, -0.2) is 0 Å². The Morgan fingerprint density at radius 1 is 0.480 bits per heavy atom. The van der Waals surface area contributed by atoms with Crippen molar-refractivity contribution in [2.75, 3.05) is 0 Å². The maximum absolute atomic E-state index is 7.26. The van der Waals surface area contributed by atoms with Crippen LogP contribution >= 0.6 is 0 Å². The first kappa shape index (κ1) is 25.0. The maximum Gasteiger partial charge on any atom is 0.0712 e. The molecule has 0 bridgehead atoms. The lowest BCUT2D eigenvalue weighted by atomic mass is 9.66. The van der Waals surface area contributed by atoms with Crippen LogP contribution in [0.4, 0.5) is 0 Å². The Kier molecular flexibility index (Phi) is 10.3. The lowest BCUT2D eigenvalue weighted by Gasteiger charge is -2.54. The van der Waals surface area contributed by atoms with Crippen molar-refractivity contribution >= 4 is 0 Å². The fraction of sp³-hybridized carbons (Fsp3) is 1.00. The van der Waals surface area contributed by atoms with Crippen LogP contribution in [0.2, 0.25) is 0 Å². The molecular weight excluding hydrogens is 304 g/mol. The molecule has 0 radical (unpaired) electrons. The van der Waals surface area contributed by atoms with E-state index < -0.39 is 0 Å². The Labute approximate surface area is 160 Å². The van der Waals surface area contributed by atoms with E-state index in [1.54, 1.807) is 0 Å². The molecular formula is C24H50O. The van der Waals surface area contributed by atoms with E-state index in [4.69, 9.17) is 4.74 Å². The first-order valence-corrected chi connectivity index (χ1v) is 11.2. The number of ether oxygens (including phenoxy) is 1. The molecule has 0 spiro atoms. The average molecular weight is 355 g/mol. The van der Waals surface area contributed by atoms with Crippen LogP contribution < -0.4 is 0 Å². The van der Waals surface area contributed by atoms with Crippen LogP contribution in [0, 0.1) is 10.8 Å². The summed E-state index contributed by atoms with van der Waals surface area (Å²) in [6.45, 7) is 23.7. The normalized spacial score (nSPS) is 18.0. The van der Waals surface area contributed by atoms with E-state index in [9.17, 15) is 0 Å². The van der Waals surface area contributed by atoms with Crippen molar-refractivity contribution in [3.8, 4) is 0 Å². The lowest BCUT2D eigenvalue weighted by Crippen LogP contribution is -2.55. The van der Waals surface area contributed by atoms with Gasteiger partial charge in [-0.15, -0.1) is 0 Å². The second-order valence-corrected chi connectivity index (χ2v) is 10.0. The fourth-order valence-corrected chi connectivity index (χ4v) is 4.36. The van der Waals surface area contributed by atoms with Gasteiger partial charge >= 0.3 is 0 Å². The van der Waals surface area contributed by atoms with Crippen molar-refractivity contribution in [1.29, 1.82) is 0 Å². The highest BCUT2D eigenvalue weighted by molar-refractivity contribution is 4.99.